The molecule has 0 heterocycles. The molecule has 3 N–H and O–H groups in total. The van der Waals surface area contributed by atoms with Gasteiger partial charge in [0.15, 0.2) is 0 Å². The Morgan fingerprint density at radius 2 is 1.81 bits per heavy atom. The van der Waals surface area contributed by atoms with Crippen molar-refractivity contribution < 1.29 is 8.42 Å². The quantitative estimate of drug-likeness (QED) is 0.717. The van der Waals surface area contributed by atoms with Gasteiger partial charge < -0.3 is 5.32 Å². The zero-order chi connectivity index (χ0) is 15.6. The molecule has 0 spiro atoms. The number of rotatable bonds is 4. The number of nitrogens with two attached hydrogens (primary N) is 1. The summed E-state index contributed by atoms with van der Waals surface area (Å²) in [5.74, 6) is 0. The summed E-state index contributed by atoms with van der Waals surface area (Å²) in [6.45, 7) is 2.00. The van der Waals surface area contributed by atoms with Crippen LogP contribution in [0.4, 0.5) is 5.69 Å². The van der Waals surface area contributed by atoms with Gasteiger partial charge in [0, 0.05) is 20.3 Å². The Bertz CT molecular complexity index is 748. The van der Waals surface area contributed by atoms with E-state index in [1.54, 1.807) is 12.1 Å². The largest absolute Gasteiger partial charge is 0.378 e. The predicted molar refractivity (Wildman–Crippen MR) is 94.0 cm³/mol. The lowest BCUT2D eigenvalue weighted by Gasteiger charge is -2.17. The lowest BCUT2D eigenvalue weighted by atomic mass is 10.1. The molecule has 1 unspecified atom stereocenters. The maximum Gasteiger partial charge on any atom is 0.238 e. The summed E-state index contributed by atoms with van der Waals surface area (Å²) in [6.07, 6.45) is 0. The Labute approximate surface area is 142 Å². The summed E-state index contributed by atoms with van der Waals surface area (Å²) in [7, 11) is -3.65. The third-order valence-electron chi connectivity index (χ3n) is 3.01. The van der Waals surface area contributed by atoms with Crippen LogP contribution in [0.2, 0.25) is 5.02 Å². The van der Waals surface area contributed by atoms with Crippen molar-refractivity contribution in [3.8, 4) is 0 Å². The zero-order valence-electron chi connectivity index (χ0n) is 11.2. The van der Waals surface area contributed by atoms with Crippen LogP contribution < -0.4 is 10.5 Å². The molecule has 2 aromatic rings. The van der Waals surface area contributed by atoms with E-state index in [4.69, 9.17) is 16.7 Å². The standard InChI is InChI=1S/C14H14ClIN2O2S/c1-9(18-14-7-4-11(15)8-13(14)16)10-2-5-12(6-3-10)21(17,19)20/h2-9,18H,1H3,(H2,17,19,20). The molecule has 0 fully saturated rings. The fraction of sp³-hybridized carbons (Fsp3) is 0.143. The summed E-state index contributed by atoms with van der Waals surface area (Å²) in [4.78, 5) is 0.111. The molecule has 0 amide bonds. The topological polar surface area (TPSA) is 72.2 Å². The molecule has 0 saturated heterocycles. The second-order valence-corrected chi connectivity index (χ2v) is 7.76. The first-order valence-electron chi connectivity index (χ1n) is 6.12. The first-order chi connectivity index (χ1) is 9.77. The van der Waals surface area contributed by atoms with E-state index in [1.165, 1.54) is 12.1 Å². The Kier molecular flexibility index (Phi) is 5.13. The van der Waals surface area contributed by atoms with Crippen molar-refractivity contribution in [1.82, 2.24) is 0 Å². The van der Waals surface area contributed by atoms with Gasteiger partial charge in [0.05, 0.1) is 4.90 Å². The van der Waals surface area contributed by atoms with Crippen molar-refractivity contribution in [1.29, 1.82) is 0 Å². The SMILES string of the molecule is CC(Nc1ccc(Cl)cc1I)c1ccc(S(N)(=O)=O)cc1. The molecule has 2 rings (SSSR count). The van der Waals surface area contributed by atoms with E-state index in [-0.39, 0.29) is 10.9 Å². The average Bonchev–Trinajstić information content (AvgIpc) is 2.41. The molecule has 112 valence electrons. The minimum atomic E-state index is -3.65. The van der Waals surface area contributed by atoms with Crippen LogP contribution in [0.25, 0.3) is 0 Å². The van der Waals surface area contributed by atoms with Gasteiger partial charge in [0.1, 0.15) is 0 Å². The molecule has 7 heteroatoms. The lowest BCUT2D eigenvalue weighted by Crippen LogP contribution is -2.13. The van der Waals surface area contributed by atoms with Gasteiger partial charge in [-0.2, -0.15) is 0 Å². The minimum absolute atomic E-state index is 0.0224. The van der Waals surface area contributed by atoms with E-state index < -0.39 is 10.0 Å². The second-order valence-electron chi connectivity index (χ2n) is 4.60. The summed E-state index contributed by atoms with van der Waals surface area (Å²) >= 11 is 8.14. The van der Waals surface area contributed by atoms with Gasteiger partial charge in [0.25, 0.3) is 0 Å². The molecule has 0 saturated carbocycles. The van der Waals surface area contributed by atoms with Gasteiger partial charge in [0.2, 0.25) is 10.0 Å². The summed E-state index contributed by atoms with van der Waals surface area (Å²) < 4.78 is 23.5. The van der Waals surface area contributed by atoms with E-state index in [1.807, 2.05) is 25.1 Å². The molecule has 21 heavy (non-hydrogen) atoms. The van der Waals surface area contributed by atoms with Crippen LogP contribution in [0, 0.1) is 3.57 Å². The number of primary sulfonamides is 1. The molecule has 0 radical (unpaired) electrons. The monoisotopic (exact) mass is 436 g/mol. The average molecular weight is 437 g/mol. The number of benzene rings is 2. The molecule has 2 aromatic carbocycles. The number of anilines is 1. The van der Waals surface area contributed by atoms with Crippen LogP contribution in [0.5, 0.6) is 0 Å². The maximum atomic E-state index is 11.2. The van der Waals surface area contributed by atoms with Crippen molar-refractivity contribution in [2.75, 3.05) is 5.32 Å². The van der Waals surface area contributed by atoms with Gasteiger partial charge in [-0.15, -0.1) is 0 Å². The van der Waals surface area contributed by atoms with Crippen molar-refractivity contribution in [2.45, 2.75) is 17.9 Å². The summed E-state index contributed by atoms with van der Waals surface area (Å²) in [6, 6.07) is 12.2. The van der Waals surface area contributed by atoms with Crippen LogP contribution in [-0.2, 0) is 10.0 Å². The van der Waals surface area contributed by atoms with Crippen LogP contribution in [-0.4, -0.2) is 8.42 Å². The number of halogens is 2. The fourth-order valence-electron chi connectivity index (χ4n) is 1.87. The van der Waals surface area contributed by atoms with E-state index in [0.29, 0.717) is 5.02 Å². The van der Waals surface area contributed by atoms with E-state index in [2.05, 4.69) is 27.9 Å². The van der Waals surface area contributed by atoms with Gasteiger partial charge in [-0.05, 0) is 65.4 Å². The molecule has 0 bridgehead atoms. The smallest absolute Gasteiger partial charge is 0.238 e. The third-order valence-corrected chi connectivity index (χ3v) is 5.07. The Balaban J connectivity index is 2.18. The molecule has 0 aliphatic rings. The van der Waals surface area contributed by atoms with Gasteiger partial charge in [-0.1, -0.05) is 23.7 Å². The lowest BCUT2D eigenvalue weighted by molar-refractivity contribution is 0.597. The molecule has 4 nitrogen and oxygen atoms in total. The molecular weight excluding hydrogens is 423 g/mol. The highest BCUT2D eigenvalue weighted by Crippen LogP contribution is 2.26. The third kappa shape index (κ3) is 4.32. The normalized spacial score (nSPS) is 13.0. The van der Waals surface area contributed by atoms with E-state index in [9.17, 15) is 8.42 Å². The Morgan fingerprint density at radius 1 is 1.19 bits per heavy atom. The minimum Gasteiger partial charge on any atom is -0.378 e. The van der Waals surface area contributed by atoms with E-state index in [0.717, 1.165) is 14.8 Å². The second kappa shape index (κ2) is 6.51. The van der Waals surface area contributed by atoms with Gasteiger partial charge in [-0.25, -0.2) is 13.6 Å². The number of hydrogen-bond acceptors (Lipinski definition) is 3. The molecular formula is C14H14ClIN2O2S. The number of hydrogen-bond donors (Lipinski definition) is 2. The number of nitrogens with one attached hydrogen (secondary N) is 1. The van der Waals surface area contributed by atoms with Crippen LogP contribution in [0.3, 0.4) is 0 Å². The highest BCUT2D eigenvalue weighted by atomic mass is 127. The fourth-order valence-corrected chi connectivity index (χ4v) is 3.41. The van der Waals surface area contributed by atoms with E-state index >= 15 is 0 Å². The Morgan fingerprint density at radius 3 is 2.33 bits per heavy atom. The summed E-state index contributed by atoms with van der Waals surface area (Å²) in [5.41, 5.74) is 1.94. The van der Waals surface area contributed by atoms with Crippen LogP contribution in [0.1, 0.15) is 18.5 Å². The molecule has 0 aliphatic heterocycles. The maximum absolute atomic E-state index is 11.2. The molecule has 0 aliphatic carbocycles. The summed E-state index contributed by atoms with van der Waals surface area (Å²) in [5, 5.41) is 9.14. The predicted octanol–water partition coefficient (Wildman–Crippen LogP) is 3.77. The van der Waals surface area contributed by atoms with Crippen LogP contribution >= 0.6 is 34.2 Å². The van der Waals surface area contributed by atoms with Crippen LogP contribution in [0.15, 0.2) is 47.4 Å². The highest BCUT2D eigenvalue weighted by Gasteiger charge is 2.11. The van der Waals surface area contributed by atoms with Gasteiger partial charge >= 0.3 is 0 Å². The first-order valence-corrected chi connectivity index (χ1v) is 9.12. The highest BCUT2D eigenvalue weighted by molar-refractivity contribution is 14.1. The van der Waals surface area contributed by atoms with Crippen molar-refractivity contribution in [3.63, 3.8) is 0 Å². The van der Waals surface area contributed by atoms with Gasteiger partial charge in [-0.3, -0.25) is 0 Å². The first kappa shape index (κ1) is 16.5. The number of sulfonamides is 1. The van der Waals surface area contributed by atoms with Crippen molar-refractivity contribution in [3.05, 3.63) is 56.6 Å². The van der Waals surface area contributed by atoms with Crippen molar-refractivity contribution in [2.24, 2.45) is 5.14 Å². The van der Waals surface area contributed by atoms with Crippen molar-refractivity contribution >= 4 is 49.9 Å². The zero-order valence-corrected chi connectivity index (χ0v) is 14.9. The Hall–Kier alpha value is -0.830. The molecule has 0 aromatic heterocycles. The molecule has 1 atom stereocenters.